The van der Waals surface area contributed by atoms with Crippen LogP contribution in [0.2, 0.25) is 0 Å². The van der Waals surface area contributed by atoms with Crippen LogP contribution in [0.15, 0.2) is 66.2 Å². The van der Waals surface area contributed by atoms with Crippen molar-refractivity contribution < 1.29 is 8.42 Å². The number of hydrogen-bond donors (Lipinski definition) is 1. The fraction of sp³-hybridized carbons (Fsp3) is 0.150. The summed E-state index contributed by atoms with van der Waals surface area (Å²) in [6.07, 6.45) is 5.54. The number of fused-ring (bicyclic) bond motifs is 1. The molecule has 2 heterocycles. The lowest BCUT2D eigenvalue weighted by Gasteiger charge is -2.09. The zero-order valence-corrected chi connectivity index (χ0v) is 15.0. The molecule has 0 bridgehead atoms. The molecule has 1 aliphatic heterocycles. The molecule has 0 atom stereocenters. The Hall–Kier alpha value is -2.86. The number of nitrogens with one attached hydrogen (secondary N) is 1. The Morgan fingerprint density at radius 3 is 2.77 bits per heavy atom. The summed E-state index contributed by atoms with van der Waals surface area (Å²) in [6.45, 7) is 0.959. The predicted octanol–water partition coefficient (Wildman–Crippen LogP) is 3.91. The van der Waals surface area contributed by atoms with Crippen molar-refractivity contribution in [1.82, 2.24) is 9.55 Å². The van der Waals surface area contributed by atoms with Crippen LogP contribution in [0.1, 0.15) is 17.8 Å². The van der Waals surface area contributed by atoms with Crippen molar-refractivity contribution in [3.63, 3.8) is 0 Å². The van der Waals surface area contributed by atoms with E-state index < -0.39 is 10.0 Å². The molecule has 0 saturated carbocycles. The van der Waals surface area contributed by atoms with Crippen LogP contribution in [0.3, 0.4) is 0 Å². The molecular formula is C20H19N3O2S. The Kier molecular flexibility index (Phi) is 4.34. The number of hydrogen-bond acceptors (Lipinski definition) is 3. The summed E-state index contributed by atoms with van der Waals surface area (Å²) in [5.74, 6) is 1.09. The SMILES string of the molecule is O=S(=O)(/C=C/c1ccccc1)Nc1cccc(-c2cnc3n2CCC3)c1. The first-order chi connectivity index (χ1) is 12.6. The lowest BCUT2D eigenvalue weighted by Crippen LogP contribution is -2.08. The molecule has 0 fully saturated rings. The van der Waals surface area contributed by atoms with Gasteiger partial charge in [-0.3, -0.25) is 4.72 Å². The second-order valence-corrected chi connectivity index (χ2v) is 7.82. The lowest BCUT2D eigenvalue weighted by atomic mass is 10.1. The monoisotopic (exact) mass is 365 g/mol. The number of imidazole rings is 1. The number of aryl methyl sites for hydroxylation is 1. The predicted molar refractivity (Wildman–Crippen MR) is 104 cm³/mol. The molecule has 5 nitrogen and oxygen atoms in total. The summed E-state index contributed by atoms with van der Waals surface area (Å²) in [5.41, 5.74) is 3.35. The van der Waals surface area contributed by atoms with E-state index in [4.69, 9.17) is 0 Å². The summed E-state index contributed by atoms with van der Waals surface area (Å²) >= 11 is 0. The molecule has 0 unspecified atom stereocenters. The summed E-state index contributed by atoms with van der Waals surface area (Å²) in [5, 5.41) is 1.19. The third-order valence-electron chi connectivity index (χ3n) is 4.38. The minimum Gasteiger partial charge on any atom is -0.328 e. The van der Waals surface area contributed by atoms with Crippen LogP contribution in [0.5, 0.6) is 0 Å². The van der Waals surface area contributed by atoms with Crippen molar-refractivity contribution in [1.29, 1.82) is 0 Å². The standard InChI is InChI=1S/C20H19N3O2S/c24-26(25,13-11-16-6-2-1-3-7-16)22-18-9-4-8-17(14-18)19-15-21-20-10-5-12-23(19)20/h1-4,6-9,11,13-15,22H,5,10,12H2/b13-11+. The highest BCUT2D eigenvalue weighted by Crippen LogP contribution is 2.27. The fourth-order valence-corrected chi connectivity index (χ4v) is 4.02. The van der Waals surface area contributed by atoms with Gasteiger partial charge in [-0.05, 0) is 30.2 Å². The minimum absolute atomic E-state index is 0.536. The van der Waals surface area contributed by atoms with Gasteiger partial charge in [0.15, 0.2) is 0 Å². The van der Waals surface area contributed by atoms with E-state index in [1.165, 1.54) is 5.41 Å². The summed E-state index contributed by atoms with van der Waals surface area (Å²) in [7, 11) is -3.58. The molecular weight excluding hydrogens is 346 g/mol. The van der Waals surface area contributed by atoms with Crippen molar-refractivity contribution in [2.45, 2.75) is 19.4 Å². The molecule has 0 saturated heterocycles. The fourth-order valence-electron chi connectivity index (χ4n) is 3.16. The summed E-state index contributed by atoms with van der Waals surface area (Å²) in [4.78, 5) is 4.45. The Bertz CT molecular complexity index is 1050. The van der Waals surface area contributed by atoms with E-state index in [9.17, 15) is 8.42 Å². The quantitative estimate of drug-likeness (QED) is 0.746. The third-order valence-corrected chi connectivity index (χ3v) is 5.39. The molecule has 4 rings (SSSR count). The second-order valence-electron chi connectivity index (χ2n) is 6.26. The number of benzene rings is 2. The van der Waals surface area contributed by atoms with E-state index in [2.05, 4.69) is 14.3 Å². The number of nitrogens with zero attached hydrogens (tertiary/aromatic N) is 2. The largest absolute Gasteiger partial charge is 0.328 e. The number of anilines is 1. The van der Waals surface area contributed by atoms with Gasteiger partial charge in [-0.2, -0.15) is 0 Å². The van der Waals surface area contributed by atoms with Crippen LogP contribution >= 0.6 is 0 Å². The molecule has 0 amide bonds. The van der Waals surface area contributed by atoms with E-state index in [1.54, 1.807) is 12.1 Å². The first-order valence-electron chi connectivity index (χ1n) is 8.51. The molecule has 1 aromatic heterocycles. The molecule has 0 aliphatic carbocycles. The van der Waals surface area contributed by atoms with Gasteiger partial charge in [-0.25, -0.2) is 13.4 Å². The van der Waals surface area contributed by atoms with E-state index >= 15 is 0 Å². The molecule has 0 radical (unpaired) electrons. The first kappa shape index (κ1) is 16.6. The molecule has 26 heavy (non-hydrogen) atoms. The number of sulfonamides is 1. The van der Waals surface area contributed by atoms with Gasteiger partial charge in [-0.15, -0.1) is 0 Å². The van der Waals surface area contributed by atoms with Gasteiger partial charge >= 0.3 is 0 Å². The molecule has 3 aromatic rings. The summed E-state index contributed by atoms with van der Waals surface area (Å²) < 4.78 is 29.5. The second kappa shape index (κ2) is 6.80. The normalized spacial score (nSPS) is 13.8. The average Bonchev–Trinajstić information content (AvgIpc) is 3.24. The highest BCUT2D eigenvalue weighted by atomic mass is 32.2. The van der Waals surface area contributed by atoms with Crippen molar-refractivity contribution in [2.75, 3.05) is 4.72 Å². The smallest absolute Gasteiger partial charge is 0.255 e. The van der Waals surface area contributed by atoms with Crippen LogP contribution in [-0.2, 0) is 23.0 Å². The first-order valence-corrected chi connectivity index (χ1v) is 10.1. The van der Waals surface area contributed by atoms with Gasteiger partial charge in [0.2, 0.25) is 0 Å². The lowest BCUT2D eigenvalue weighted by molar-refractivity contribution is 0.609. The van der Waals surface area contributed by atoms with Crippen molar-refractivity contribution >= 4 is 21.8 Å². The van der Waals surface area contributed by atoms with Gasteiger partial charge in [-0.1, -0.05) is 42.5 Å². The van der Waals surface area contributed by atoms with Crippen molar-refractivity contribution in [3.05, 3.63) is 77.6 Å². The third kappa shape index (κ3) is 3.55. The highest BCUT2D eigenvalue weighted by Gasteiger charge is 2.17. The molecule has 6 heteroatoms. The molecule has 1 aliphatic rings. The van der Waals surface area contributed by atoms with E-state index in [0.29, 0.717) is 5.69 Å². The van der Waals surface area contributed by atoms with Gasteiger partial charge in [0.05, 0.1) is 17.3 Å². The highest BCUT2D eigenvalue weighted by molar-refractivity contribution is 7.95. The van der Waals surface area contributed by atoms with Gasteiger partial charge in [0.1, 0.15) is 5.82 Å². The molecule has 2 aromatic carbocycles. The van der Waals surface area contributed by atoms with Crippen LogP contribution in [0.4, 0.5) is 5.69 Å². The Balaban J connectivity index is 1.56. The number of aromatic nitrogens is 2. The molecule has 0 spiro atoms. The Morgan fingerprint density at radius 2 is 1.92 bits per heavy atom. The Labute approximate surface area is 153 Å². The van der Waals surface area contributed by atoms with Crippen LogP contribution in [0.25, 0.3) is 17.3 Å². The van der Waals surface area contributed by atoms with Crippen LogP contribution in [-0.4, -0.2) is 18.0 Å². The van der Waals surface area contributed by atoms with Gasteiger partial charge in [0, 0.05) is 24.2 Å². The molecule has 132 valence electrons. The minimum atomic E-state index is -3.58. The molecule has 1 N–H and O–H groups in total. The average molecular weight is 365 g/mol. The van der Waals surface area contributed by atoms with Crippen LogP contribution in [0, 0.1) is 0 Å². The number of rotatable bonds is 5. The van der Waals surface area contributed by atoms with E-state index in [1.807, 2.05) is 54.7 Å². The van der Waals surface area contributed by atoms with Crippen molar-refractivity contribution in [3.8, 4) is 11.3 Å². The van der Waals surface area contributed by atoms with E-state index in [-0.39, 0.29) is 0 Å². The zero-order valence-electron chi connectivity index (χ0n) is 14.2. The maximum atomic E-state index is 12.3. The van der Waals surface area contributed by atoms with Crippen LogP contribution < -0.4 is 4.72 Å². The van der Waals surface area contributed by atoms with Gasteiger partial charge < -0.3 is 4.57 Å². The maximum Gasteiger partial charge on any atom is 0.255 e. The maximum absolute atomic E-state index is 12.3. The summed E-state index contributed by atoms with van der Waals surface area (Å²) in [6, 6.07) is 16.8. The van der Waals surface area contributed by atoms with E-state index in [0.717, 1.165) is 42.0 Å². The Morgan fingerprint density at radius 1 is 1.08 bits per heavy atom. The zero-order chi connectivity index (χ0) is 18.0. The van der Waals surface area contributed by atoms with Gasteiger partial charge in [0.25, 0.3) is 10.0 Å². The topological polar surface area (TPSA) is 64.0 Å². The van der Waals surface area contributed by atoms with Crippen molar-refractivity contribution in [2.24, 2.45) is 0 Å².